The fourth-order valence-corrected chi connectivity index (χ4v) is 4.03. The van der Waals surface area contributed by atoms with Crippen LogP contribution >= 0.6 is 0 Å². The first-order chi connectivity index (χ1) is 15.9. The Balaban J connectivity index is 1.54. The Morgan fingerprint density at radius 1 is 1.12 bits per heavy atom. The van der Waals surface area contributed by atoms with Gasteiger partial charge in [-0.15, -0.1) is 0 Å². The number of anilines is 1. The lowest BCUT2D eigenvalue weighted by atomic mass is 9.98. The fraction of sp³-hybridized carbons (Fsp3) is 0.391. The average molecular weight is 455 g/mol. The molecule has 2 aromatic carbocycles. The van der Waals surface area contributed by atoms with Gasteiger partial charge in [0.05, 0.1) is 23.8 Å². The molecule has 174 valence electrons. The number of amides is 2. The molecule has 0 aliphatic carbocycles. The third-order valence-electron chi connectivity index (χ3n) is 5.62. The molecule has 0 bridgehead atoms. The molecular weight excluding hydrogens is 430 g/mol. The Labute approximate surface area is 190 Å². The van der Waals surface area contributed by atoms with Crippen LogP contribution in [0.5, 0.6) is 17.2 Å². The van der Waals surface area contributed by atoms with Gasteiger partial charge in [-0.3, -0.25) is 24.6 Å². The standard InChI is InChI=1S/C23H25N3O7/c1-3-31-20-9-15-7-8-24(12-16(15)10-21(20)32-4-2)22(27)13-25-18-11-17(26(29)30)5-6-19(18)33-14-23(25)28/h5-6,9-11H,3-4,7-8,12-14H2,1-2H3. The number of non-ortho nitro benzene ring substituents is 1. The van der Waals surface area contributed by atoms with Crippen molar-refractivity contribution in [3.63, 3.8) is 0 Å². The minimum absolute atomic E-state index is 0.176. The molecule has 0 atom stereocenters. The molecule has 0 N–H and O–H groups in total. The van der Waals surface area contributed by atoms with Crippen LogP contribution in [0.25, 0.3) is 0 Å². The van der Waals surface area contributed by atoms with Crippen LogP contribution in [0.2, 0.25) is 0 Å². The van der Waals surface area contributed by atoms with Crippen LogP contribution in [-0.2, 0) is 22.6 Å². The number of nitrogens with zero attached hydrogens (tertiary/aromatic N) is 3. The van der Waals surface area contributed by atoms with E-state index in [0.29, 0.717) is 50.0 Å². The number of ether oxygens (including phenoxy) is 3. The average Bonchev–Trinajstić information content (AvgIpc) is 2.80. The van der Waals surface area contributed by atoms with E-state index in [0.717, 1.165) is 11.1 Å². The molecule has 2 aromatic rings. The molecule has 10 heteroatoms. The van der Waals surface area contributed by atoms with Crippen LogP contribution in [0, 0.1) is 10.1 Å². The maximum absolute atomic E-state index is 13.1. The maximum Gasteiger partial charge on any atom is 0.271 e. The van der Waals surface area contributed by atoms with Crippen molar-refractivity contribution >= 4 is 23.2 Å². The number of carbonyl (C=O) groups excluding carboxylic acids is 2. The van der Waals surface area contributed by atoms with Crippen molar-refractivity contribution in [2.45, 2.75) is 26.8 Å². The molecule has 0 aromatic heterocycles. The lowest BCUT2D eigenvalue weighted by molar-refractivity contribution is -0.384. The van der Waals surface area contributed by atoms with Gasteiger partial charge in [0.15, 0.2) is 18.1 Å². The second-order valence-electron chi connectivity index (χ2n) is 7.68. The number of benzene rings is 2. The van der Waals surface area contributed by atoms with Crippen LogP contribution in [0.15, 0.2) is 30.3 Å². The van der Waals surface area contributed by atoms with E-state index in [2.05, 4.69) is 0 Å². The molecule has 0 saturated carbocycles. The van der Waals surface area contributed by atoms with Gasteiger partial charge in [-0.05, 0) is 49.6 Å². The first kappa shape index (κ1) is 22.4. The number of carbonyl (C=O) groups is 2. The van der Waals surface area contributed by atoms with E-state index in [1.165, 1.54) is 23.1 Å². The first-order valence-corrected chi connectivity index (χ1v) is 10.8. The van der Waals surface area contributed by atoms with Crippen LogP contribution in [0.4, 0.5) is 11.4 Å². The third-order valence-corrected chi connectivity index (χ3v) is 5.62. The fourth-order valence-electron chi connectivity index (χ4n) is 4.03. The Bertz CT molecular complexity index is 1100. The first-order valence-electron chi connectivity index (χ1n) is 10.8. The van der Waals surface area contributed by atoms with Gasteiger partial charge in [0, 0.05) is 25.2 Å². The van der Waals surface area contributed by atoms with Crippen LogP contribution in [0.1, 0.15) is 25.0 Å². The molecule has 2 aliphatic heterocycles. The van der Waals surface area contributed by atoms with Crippen LogP contribution in [0.3, 0.4) is 0 Å². The van der Waals surface area contributed by atoms with Gasteiger partial charge in [-0.2, -0.15) is 0 Å². The molecule has 4 rings (SSSR count). The molecule has 2 heterocycles. The number of rotatable bonds is 7. The zero-order valence-corrected chi connectivity index (χ0v) is 18.5. The molecule has 33 heavy (non-hydrogen) atoms. The Kier molecular flexibility index (Phi) is 6.34. The highest BCUT2D eigenvalue weighted by atomic mass is 16.6. The van der Waals surface area contributed by atoms with Crippen molar-refractivity contribution < 1.29 is 28.7 Å². The molecule has 2 aliphatic rings. The molecule has 10 nitrogen and oxygen atoms in total. The minimum atomic E-state index is -0.548. The summed E-state index contributed by atoms with van der Waals surface area (Å²) in [6.45, 7) is 5.25. The van der Waals surface area contributed by atoms with E-state index in [9.17, 15) is 19.7 Å². The van der Waals surface area contributed by atoms with Gasteiger partial charge in [-0.1, -0.05) is 0 Å². The molecule has 0 radical (unpaired) electrons. The van der Waals surface area contributed by atoms with E-state index < -0.39 is 10.8 Å². The summed E-state index contributed by atoms with van der Waals surface area (Å²) in [6, 6.07) is 7.88. The number of hydrogen-bond donors (Lipinski definition) is 0. The van der Waals surface area contributed by atoms with E-state index in [4.69, 9.17) is 14.2 Å². The van der Waals surface area contributed by atoms with Crippen LogP contribution in [-0.4, -0.2) is 54.5 Å². The maximum atomic E-state index is 13.1. The van der Waals surface area contributed by atoms with Gasteiger partial charge in [0.1, 0.15) is 12.3 Å². The number of nitro groups is 1. The molecule has 0 spiro atoms. The molecule has 2 amide bonds. The van der Waals surface area contributed by atoms with Crippen LogP contribution < -0.4 is 19.1 Å². The van der Waals surface area contributed by atoms with Gasteiger partial charge in [0.2, 0.25) is 5.91 Å². The second-order valence-corrected chi connectivity index (χ2v) is 7.68. The predicted octanol–water partition coefficient (Wildman–Crippen LogP) is 2.70. The van der Waals surface area contributed by atoms with E-state index >= 15 is 0 Å². The van der Waals surface area contributed by atoms with Gasteiger partial charge in [-0.25, -0.2) is 0 Å². The van der Waals surface area contributed by atoms with E-state index in [1.807, 2.05) is 26.0 Å². The van der Waals surface area contributed by atoms with Gasteiger partial charge in [0.25, 0.3) is 11.6 Å². The topological polar surface area (TPSA) is 111 Å². The minimum Gasteiger partial charge on any atom is -0.490 e. The largest absolute Gasteiger partial charge is 0.490 e. The highest BCUT2D eigenvalue weighted by molar-refractivity contribution is 6.02. The summed E-state index contributed by atoms with van der Waals surface area (Å²) in [5.74, 6) is 0.989. The van der Waals surface area contributed by atoms with Crippen molar-refractivity contribution in [2.24, 2.45) is 0 Å². The van der Waals surface area contributed by atoms with Crippen molar-refractivity contribution in [1.29, 1.82) is 0 Å². The lowest BCUT2D eigenvalue weighted by Gasteiger charge is -2.33. The highest BCUT2D eigenvalue weighted by Gasteiger charge is 2.31. The number of nitro benzene ring substituents is 1. The summed E-state index contributed by atoms with van der Waals surface area (Å²) < 4.78 is 16.8. The number of hydrogen-bond acceptors (Lipinski definition) is 7. The van der Waals surface area contributed by atoms with Crippen molar-refractivity contribution in [3.05, 3.63) is 51.6 Å². The smallest absolute Gasteiger partial charge is 0.271 e. The SMILES string of the molecule is CCOc1cc2c(cc1OCC)CN(C(=O)CN1C(=O)COc3ccc([N+](=O)[O-])cc31)CC2. The van der Waals surface area contributed by atoms with Crippen molar-refractivity contribution in [1.82, 2.24) is 4.90 Å². The van der Waals surface area contributed by atoms with Crippen molar-refractivity contribution in [2.75, 3.05) is 37.8 Å². The number of fused-ring (bicyclic) bond motifs is 2. The Hall–Kier alpha value is -3.82. The molecule has 0 fully saturated rings. The van der Waals surface area contributed by atoms with E-state index in [-0.39, 0.29) is 30.4 Å². The summed E-state index contributed by atoms with van der Waals surface area (Å²) >= 11 is 0. The highest BCUT2D eigenvalue weighted by Crippen LogP contribution is 2.36. The summed E-state index contributed by atoms with van der Waals surface area (Å²) in [6.07, 6.45) is 0.646. The third kappa shape index (κ3) is 4.55. The summed E-state index contributed by atoms with van der Waals surface area (Å²) in [4.78, 5) is 39.2. The second kappa shape index (κ2) is 9.35. The lowest BCUT2D eigenvalue weighted by Crippen LogP contribution is -2.47. The quantitative estimate of drug-likeness (QED) is 0.466. The Morgan fingerprint density at radius 3 is 2.48 bits per heavy atom. The Morgan fingerprint density at radius 2 is 1.82 bits per heavy atom. The molecular formula is C23H25N3O7. The van der Waals surface area contributed by atoms with Crippen molar-refractivity contribution in [3.8, 4) is 17.2 Å². The predicted molar refractivity (Wildman–Crippen MR) is 119 cm³/mol. The van der Waals surface area contributed by atoms with Gasteiger partial charge >= 0.3 is 0 Å². The molecule has 0 saturated heterocycles. The summed E-state index contributed by atoms with van der Waals surface area (Å²) in [5.41, 5.74) is 2.11. The van der Waals surface area contributed by atoms with Gasteiger partial charge < -0.3 is 19.1 Å². The monoisotopic (exact) mass is 455 g/mol. The molecule has 0 unspecified atom stereocenters. The summed E-state index contributed by atoms with van der Waals surface area (Å²) in [7, 11) is 0. The zero-order valence-electron chi connectivity index (χ0n) is 18.5. The normalized spacial score (nSPS) is 14.8. The summed E-state index contributed by atoms with van der Waals surface area (Å²) in [5, 5.41) is 11.2. The zero-order chi connectivity index (χ0) is 23.5. The van der Waals surface area contributed by atoms with E-state index in [1.54, 1.807) is 4.90 Å².